The maximum atomic E-state index is 12.9. The lowest BCUT2D eigenvalue weighted by Crippen LogP contribution is -2.07. The molecule has 1 aromatic carbocycles. The second-order valence-corrected chi connectivity index (χ2v) is 2.91. The van der Waals surface area contributed by atoms with Crippen LogP contribution in [0.15, 0.2) is 12.1 Å². The molecule has 15 heavy (non-hydrogen) atoms. The first kappa shape index (κ1) is 11.7. The van der Waals surface area contributed by atoms with E-state index in [-0.39, 0.29) is 11.5 Å². The van der Waals surface area contributed by atoms with Crippen molar-refractivity contribution in [3.05, 3.63) is 23.8 Å². The lowest BCUT2D eigenvalue weighted by Gasteiger charge is -2.10. The fourth-order valence-corrected chi connectivity index (χ4v) is 1.05. The highest BCUT2D eigenvalue weighted by molar-refractivity contribution is 5.40. The number of ether oxygens (including phenoxy) is 2. The first-order valence-electron chi connectivity index (χ1n) is 4.55. The minimum absolute atomic E-state index is 0.172. The number of hydrogen-bond donors (Lipinski definition) is 1. The van der Waals surface area contributed by atoms with Crippen molar-refractivity contribution in [2.45, 2.75) is 6.42 Å². The minimum atomic E-state index is -0.960. The van der Waals surface area contributed by atoms with Gasteiger partial charge in [-0.3, -0.25) is 0 Å². The number of hydrogen-bond acceptors (Lipinski definition) is 3. The summed E-state index contributed by atoms with van der Waals surface area (Å²) in [7, 11) is 1.36. The van der Waals surface area contributed by atoms with Crippen molar-refractivity contribution in [3.8, 4) is 11.5 Å². The third-order valence-corrected chi connectivity index (χ3v) is 1.81. The lowest BCUT2D eigenvalue weighted by molar-refractivity contribution is 0.287. The fraction of sp³-hybridized carbons (Fsp3) is 0.400. The number of methoxy groups -OCH3 is 1. The third-order valence-electron chi connectivity index (χ3n) is 1.81. The number of halogens is 2. The molecule has 0 saturated heterocycles. The molecular weight excluding hydrogens is 204 g/mol. The summed E-state index contributed by atoms with van der Waals surface area (Å²) in [4.78, 5) is 0. The molecule has 0 aliphatic heterocycles. The van der Waals surface area contributed by atoms with Gasteiger partial charge in [-0.1, -0.05) is 0 Å². The zero-order valence-electron chi connectivity index (χ0n) is 8.43. The first-order valence-corrected chi connectivity index (χ1v) is 4.55. The summed E-state index contributed by atoms with van der Waals surface area (Å²) in [6.07, 6.45) is 0.641. The summed E-state index contributed by atoms with van der Waals surface area (Å²) in [5.74, 6) is -1.56. The standard InChI is InChI=1S/C10H13F2NO2/c1-14-9-5-7(11)8(12)6-10(9)15-4-2-3-13/h5-6H,2-4,13H2,1H3. The van der Waals surface area contributed by atoms with E-state index >= 15 is 0 Å². The van der Waals surface area contributed by atoms with Crippen molar-refractivity contribution in [3.63, 3.8) is 0 Å². The van der Waals surface area contributed by atoms with Crippen LogP contribution in [0.2, 0.25) is 0 Å². The average molecular weight is 217 g/mol. The molecule has 0 aliphatic rings. The maximum Gasteiger partial charge on any atom is 0.164 e. The average Bonchev–Trinajstić information content (AvgIpc) is 2.23. The van der Waals surface area contributed by atoms with Gasteiger partial charge >= 0.3 is 0 Å². The van der Waals surface area contributed by atoms with Crippen LogP contribution in [-0.4, -0.2) is 20.3 Å². The van der Waals surface area contributed by atoms with Crippen LogP contribution in [0.5, 0.6) is 11.5 Å². The minimum Gasteiger partial charge on any atom is -0.493 e. The lowest BCUT2D eigenvalue weighted by atomic mass is 10.3. The Morgan fingerprint density at radius 2 is 1.80 bits per heavy atom. The molecule has 0 fully saturated rings. The van der Waals surface area contributed by atoms with Crippen LogP contribution >= 0.6 is 0 Å². The van der Waals surface area contributed by atoms with Crippen LogP contribution in [0.25, 0.3) is 0 Å². The van der Waals surface area contributed by atoms with E-state index in [2.05, 4.69) is 0 Å². The smallest absolute Gasteiger partial charge is 0.164 e. The summed E-state index contributed by atoms with van der Waals surface area (Å²) < 4.78 is 35.7. The second kappa shape index (κ2) is 5.50. The molecule has 0 saturated carbocycles. The molecule has 0 atom stereocenters. The van der Waals surface area contributed by atoms with E-state index in [4.69, 9.17) is 15.2 Å². The summed E-state index contributed by atoms with van der Waals surface area (Å²) in [6.45, 7) is 0.823. The van der Waals surface area contributed by atoms with Crippen LogP contribution in [0.1, 0.15) is 6.42 Å². The van der Waals surface area contributed by atoms with E-state index < -0.39 is 11.6 Å². The molecular formula is C10H13F2NO2. The Balaban J connectivity index is 2.80. The molecule has 0 unspecified atom stereocenters. The quantitative estimate of drug-likeness (QED) is 0.763. The molecule has 84 valence electrons. The number of nitrogens with two attached hydrogens (primary N) is 1. The van der Waals surface area contributed by atoms with E-state index in [0.29, 0.717) is 19.6 Å². The van der Waals surface area contributed by atoms with Gasteiger partial charge in [0.2, 0.25) is 0 Å². The normalized spacial score (nSPS) is 10.1. The van der Waals surface area contributed by atoms with Crippen LogP contribution in [0.4, 0.5) is 8.78 Å². The Morgan fingerprint density at radius 3 is 2.33 bits per heavy atom. The zero-order valence-corrected chi connectivity index (χ0v) is 8.43. The van der Waals surface area contributed by atoms with Crippen molar-refractivity contribution >= 4 is 0 Å². The van der Waals surface area contributed by atoms with Gasteiger partial charge in [0.1, 0.15) is 0 Å². The van der Waals surface area contributed by atoms with Crippen molar-refractivity contribution in [2.24, 2.45) is 5.73 Å². The van der Waals surface area contributed by atoms with Gasteiger partial charge in [0.05, 0.1) is 13.7 Å². The zero-order chi connectivity index (χ0) is 11.3. The fourth-order valence-electron chi connectivity index (χ4n) is 1.05. The van der Waals surface area contributed by atoms with E-state index in [1.54, 1.807) is 0 Å². The first-order chi connectivity index (χ1) is 7.19. The summed E-state index contributed by atoms with van der Waals surface area (Å²) in [5, 5.41) is 0. The Hall–Kier alpha value is -1.36. The van der Waals surface area contributed by atoms with E-state index in [1.165, 1.54) is 7.11 Å². The topological polar surface area (TPSA) is 44.5 Å². The Morgan fingerprint density at radius 1 is 1.20 bits per heavy atom. The highest BCUT2D eigenvalue weighted by atomic mass is 19.2. The van der Waals surface area contributed by atoms with Gasteiger partial charge in [0.15, 0.2) is 23.1 Å². The molecule has 0 amide bonds. The SMILES string of the molecule is COc1cc(F)c(F)cc1OCCCN. The van der Waals surface area contributed by atoms with Crippen molar-refractivity contribution in [2.75, 3.05) is 20.3 Å². The van der Waals surface area contributed by atoms with E-state index in [0.717, 1.165) is 12.1 Å². The molecule has 0 aliphatic carbocycles. The Bertz CT molecular complexity index is 331. The van der Waals surface area contributed by atoms with Crippen LogP contribution < -0.4 is 15.2 Å². The van der Waals surface area contributed by atoms with Crippen LogP contribution in [0, 0.1) is 11.6 Å². The largest absolute Gasteiger partial charge is 0.493 e. The molecule has 5 heteroatoms. The molecule has 0 radical (unpaired) electrons. The monoisotopic (exact) mass is 217 g/mol. The molecule has 0 spiro atoms. The van der Waals surface area contributed by atoms with Crippen LogP contribution in [-0.2, 0) is 0 Å². The van der Waals surface area contributed by atoms with Gasteiger partial charge in [0.25, 0.3) is 0 Å². The van der Waals surface area contributed by atoms with Gasteiger partial charge in [-0.15, -0.1) is 0 Å². The van der Waals surface area contributed by atoms with Gasteiger partial charge in [0, 0.05) is 12.1 Å². The summed E-state index contributed by atoms with van der Waals surface area (Å²) >= 11 is 0. The molecule has 1 aromatic rings. The summed E-state index contributed by atoms with van der Waals surface area (Å²) in [6, 6.07) is 1.91. The second-order valence-electron chi connectivity index (χ2n) is 2.91. The Labute approximate surface area is 86.8 Å². The van der Waals surface area contributed by atoms with Gasteiger partial charge in [-0.05, 0) is 13.0 Å². The highest BCUT2D eigenvalue weighted by Crippen LogP contribution is 2.29. The van der Waals surface area contributed by atoms with E-state index in [9.17, 15) is 8.78 Å². The van der Waals surface area contributed by atoms with Crippen molar-refractivity contribution in [1.82, 2.24) is 0 Å². The van der Waals surface area contributed by atoms with Gasteiger partial charge in [-0.2, -0.15) is 0 Å². The predicted molar refractivity (Wildman–Crippen MR) is 52.1 cm³/mol. The highest BCUT2D eigenvalue weighted by Gasteiger charge is 2.11. The van der Waals surface area contributed by atoms with Gasteiger partial charge < -0.3 is 15.2 Å². The predicted octanol–water partition coefficient (Wildman–Crippen LogP) is 1.70. The molecule has 2 N–H and O–H groups in total. The maximum absolute atomic E-state index is 12.9. The molecule has 0 bridgehead atoms. The molecule has 1 rings (SSSR count). The number of rotatable bonds is 5. The Kier molecular flexibility index (Phi) is 4.30. The van der Waals surface area contributed by atoms with E-state index in [1.807, 2.05) is 0 Å². The van der Waals surface area contributed by atoms with Crippen LogP contribution in [0.3, 0.4) is 0 Å². The molecule has 0 aromatic heterocycles. The summed E-state index contributed by atoms with van der Waals surface area (Å²) in [5.41, 5.74) is 5.27. The van der Waals surface area contributed by atoms with Crippen molar-refractivity contribution in [1.29, 1.82) is 0 Å². The third kappa shape index (κ3) is 3.06. The molecule has 0 heterocycles. The molecule has 3 nitrogen and oxygen atoms in total. The number of benzene rings is 1. The van der Waals surface area contributed by atoms with Gasteiger partial charge in [-0.25, -0.2) is 8.78 Å². The van der Waals surface area contributed by atoms with Crippen molar-refractivity contribution < 1.29 is 18.3 Å².